The van der Waals surface area contributed by atoms with E-state index in [0.717, 1.165) is 25.7 Å². The maximum absolute atomic E-state index is 12.1. The van der Waals surface area contributed by atoms with Crippen molar-refractivity contribution in [2.24, 2.45) is 5.92 Å². The van der Waals surface area contributed by atoms with Crippen molar-refractivity contribution in [2.45, 2.75) is 57.4 Å². The second kappa shape index (κ2) is 9.77. The minimum Gasteiger partial charge on any atom is -0.481 e. The lowest BCUT2D eigenvalue weighted by Crippen LogP contribution is -2.48. The van der Waals surface area contributed by atoms with E-state index in [1.807, 2.05) is 6.07 Å². The van der Waals surface area contributed by atoms with Crippen molar-refractivity contribution >= 4 is 17.8 Å². The monoisotopic (exact) mass is 309 g/mol. The van der Waals surface area contributed by atoms with Gasteiger partial charge in [-0.15, -0.1) is 0 Å². The van der Waals surface area contributed by atoms with Crippen molar-refractivity contribution in [2.75, 3.05) is 6.54 Å². The molecule has 0 aromatic carbocycles. The molecule has 7 nitrogen and oxygen atoms in total. The molecular weight excluding hydrogens is 286 g/mol. The molecule has 1 fully saturated rings. The zero-order chi connectivity index (χ0) is 16.4. The van der Waals surface area contributed by atoms with Gasteiger partial charge in [0, 0.05) is 6.42 Å². The lowest BCUT2D eigenvalue weighted by molar-refractivity contribution is -0.139. The maximum atomic E-state index is 12.1. The van der Waals surface area contributed by atoms with E-state index in [1.54, 1.807) is 0 Å². The molecule has 1 aliphatic rings. The van der Waals surface area contributed by atoms with Crippen molar-refractivity contribution in [3.8, 4) is 6.07 Å². The molecular formula is C15H23N3O4. The van der Waals surface area contributed by atoms with Crippen molar-refractivity contribution in [1.29, 1.82) is 5.26 Å². The fourth-order valence-corrected chi connectivity index (χ4v) is 2.72. The predicted octanol–water partition coefficient (Wildman–Crippen LogP) is 0.946. The van der Waals surface area contributed by atoms with Crippen LogP contribution in [-0.2, 0) is 14.4 Å². The Kier molecular flexibility index (Phi) is 7.97. The highest BCUT2D eigenvalue weighted by Gasteiger charge is 2.25. The van der Waals surface area contributed by atoms with Crippen molar-refractivity contribution in [3.63, 3.8) is 0 Å². The quantitative estimate of drug-likeness (QED) is 0.577. The summed E-state index contributed by atoms with van der Waals surface area (Å²) in [7, 11) is 0. The van der Waals surface area contributed by atoms with E-state index in [-0.39, 0.29) is 25.3 Å². The summed E-state index contributed by atoms with van der Waals surface area (Å²) in [4.78, 5) is 34.3. The van der Waals surface area contributed by atoms with Gasteiger partial charge in [-0.1, -0.05) is 32.1 Å². The number of nitrogens with one attached hydrogen (secondary N) is 2. The number of aliphatic carboxylic acids is 1. The molecule has 0 aliphatic heterocycles. The largest absolute Gasteiger partial charge is 0.481 e. The van der Waals surface area contributed by atoms with Crippen molar-refractivity contribution in [1.82, 2.24) is 10.6 Å². The molecule has 3 N–H and O–H groups in total. The molecule has 0 heterocycles. The zero-order valence-corrected chi connectivity index (χ0v) is 12.6. The van der Waals surface area contributed by atoms with E-state index >= 15 is 0 Å². The van der Waals surface area contributed by atoms with Gasteiger partial charge in [-0.3, -0.25) is 14.4 Å². The van der Waals surface area contributed by atoms with Crippen LogP contribution >= 0.6 is 0 Å². The van der Waals surface area contributed by atoms with Gasteiger partial charge in [0.2, 0.25) is 11.8 Å². The highest BCUT2D eigenvalue weighted by Crippen LogP contribution is 2.27. The Balaban J connectivity index is 2.56. The number of amides is 2. The van der Waals surface area contributed by atoms with Crippen LogP contribution in [0.5, 0.6) is 0 Å². The molecule has 7 heteroatoms. The van der Waals surface area contributed by atoms with Gasteiger partial charge >= 0.3 is 5.97 Å². The number of hydrogen-bond donors (Lipinski definition) is 3. The van der Waals surface area contributed by atoms with E-state index in [9.17, 15) is 14.4 Å². The first kappa shape index (κ1) is 18.0. The van der Waals surface area contributed by atoms with Crippen LogP contribution in [0, 0.1) is 17.2 Å². The molecule has 1 rings (SSSR count). The third-order valence-electron chi connectivity index (χ3n) is 3.85. The third kappa shape index (κ3) is 7.07. The van der Waals surface area contributed by atoms with Crippen LogP contribution in [0.4, 0.5) is 0 Å². The zero-order valence-electron chi connectivity index (χ0n) is 12.6. The summed E-state index contributed by atoms with van der Waals surface area (Å²) in [5.74, 6) is -1.50. The summed E-state index contributed by atoms with van der Waals surface area (Å²) in [5.41, 5.74) is 0. The predicted molar refractivity (Wildman–Crippen MR) is 78.6 cm³/mol. The smallest absolute Gasteiger partial charge is 0.303 e. The molecule has 0 bridgehead atoms. The van der Waals surface area contributed by atoms with Gasteiger partial charge in [-0.2, -0.15) is 5.26 Å². The lowest BCUT2D eigenvalue weighted by Gasteiger charge is -2.26. The Hall–Kier alpha value is -2.10. The van der Waals surface area contributed by atoms with Gasteiger partial charge in [-0.05, 0) is 12.3 Å². The second-order valence-corrected chi connectivity index (χ2v) is 5.63. The van der Waals surface area contributed by atoms with Crippen LogP contribution in [0.1, 0.15) is 51.4 Å². The summed E-state index contributed by atoms with van der Waals surface area (Å²) >= 11 is 0. The highest BCUT2D eigenvalue weighted by atomic mass is 16.4. The number of nitrogens with zero attached hydrogens (tertiary/aromatic N) is 1. The van der Waals surface area contributed by atoms with Crippen LogP contribution in [-0.4, -0.2) is 35.5 Å². The summed E-state index contributed by atoms with van der Waals surface area (Å²) < 4.78 is 0. The van der Waals surface area contributed by atoms with Crippen molar-refractivity contribution in [3.05, 3.63) is 0 Å². The molecule has 0 aromatic heterocycles. The Morgan fingerprint density at radius 1 is 1.18 bits per heavy atom. The number of carbonyl (C=O) groups is 3. The molecule has 0 radical (unpaired) electrons. The topological polar surface area (TPSA) is 119 Å². The van der Waals surface area contributed by atoms with Crippen LogP contribution in [0.2, 0.25) is 0 Å². The first-order valence-electron chi connectivity index (χ1n) is 7.68. The number of rotatable bonds is 8. The van der Waals surface area contributed by atoms with Gasteiger partial charge < -0.3 is 15.7 Å². The number of nitriles is 1. The van der Waals surface area contributed by atoms with Crippen molar-refractivity contribution < 1.29 is 19.5 Å². The Morgan fingerprint density at radius 3 is 2.45 bits per heavy atom. The Labute approximate surface area is 130 Å². The summed E-state index contributed by atoms with van der Waals surface area (Å²) in [5, 5.41) is 22.2. The summed E-state index contributed by atoms with van der Waals surface area (Å²) in [6, 6.07) is 1.13. The fraction of sp³-hybridized carbons (Fsp3) is 0.733. The normalized spacial score (nSPS) is 16.3. The maximum Gasteiger partial charge on any atom is 0.303 e. The average molecular weight is 309 g/mol. The SMILES string of the molecule is N#CCNC(=O)[C@H](CC1CCCCC1)NC(=O)CCC(=O)O. The Bertz CT molecular complexity index is 439. The van der Waals surface area contributed by atoms with E-state index in [1.165, 1.54) is 6.42 Å². The van der Waals surface area contributed by atoms with Gasteiger partial charge in [0.15, 0.2) is 0 Å². The third-order valence-corrected chi connectivity index (χ3v) is 3.85. The van der Waals surface area contributed by atoms with Gasteiger partial charge in [0.05, 0.1) is 12.5 Å². The van der Waals surface area contributed by atoms with E-state index < -0.39 is 17.9 Å². The van der Waals surface area contributed by atoms with E-state index in [4.69, 9.17) is 10.4 Å². The first-order valence-corrected chi connectivity index (χ1v) is 7.68. The molecule has 2 amide bonds. The average Bonchev–Trinajstić information content (AvgIpc) is 2.51. The minimum atomic E-state index is -1.05. The Morgan fingerprint density at radius 2 is 1.86 bits per heavy atom. The van der Waals surface area contributed by atoms with Gasteiger partial charge in [-0.25, -0.2) is 0 Å². The highest BCUT2D eigenvalue weighted by molar-refractivity contribution is 5.88. The minimum absolute atomic E-state index is 0.106. The van der Waals surface area contributed by atoms with Crippen LogP contribution in [0.25, 0.3) is 0 Å². The molecule has 0 saturated heterocycles. The molecule has 1 atom stereocenters. The lowest BCUT2D eigenvalue weighted by atomic mass is 9.84. The standard InChI is InChI=1S/C15H23N3O4/c16-8-9-17-15(22)12(10-11-4-2-1-3-5-11)18-13(19)6-7-14(20)21/h11-12H,1-7,9-10H2,(H,17,22)(H,18,19)(H,20,21)/t12-/m0/s1. The van der Waals surface area contributed by atoms with E-state index in [0.29, 0.717) is 12.3 Å². The molecule has 1 aliphatic carbocycles. The van der Waals surface area contributed by atoms with E-state index in [2.05, 4.69) is 10.6 Å². The number of carboxylic acids is 1. The summed E-state index contributed by atoms with van der Waals surface area (Å²) in [6.07, 6.45) is 5.65. The van der Waals surface area contributed by atoms with Gasteiger partial charge in [0.25, 0.3) is 0 Å². The molecule has 0 unspecified atom stereocenters. The first-order chi connectivity index (χ1) is 10.5. The van der Waals surface area contributed by atoms with Gasteiger partial charge in [0.1, 0.15) is 12.6 Å². The van der Waals surface area contributed by atoms with Crippen LogP contribution in [0.3, 0.4) is 0 Å². The molecule has 0 aromatic rings. The number of carbonyl (C=O) groups excluding carboxylic acids is 2. The molecule has 1 saturated carbocycles. The van der Waals surface area contributed by atoms with Crippen LogP contribution < -0.4 is 10.6 Å². The second-order valence-electron chi connectivity index (χ2n) is 5.63. The molecule has 122 valence electrons. The number of hydrogen-bond acceptors (Lipinski definition) is 4. The summed E-state index contributed by atoms with van der Waals surface area (Å²) in [6.45, 7) is -0.106. The molecule has 22 heavy (non-hydrogen) atoms. The van der Waals surface area contributed by atoms with Crippen LogP contribution in [0.15, 0.2) is 0 Å². The fourth-order valence-electron chi connectivity index (χ4n) is 2.72. The number of carboxylic acid groups (broad SMARTS) is 1. The molecule has 0 spiro atoms.